The van der Waals surface area contributed by atoms with Crippen molar-refractivity contribution in [2.45, 2.75) is 19.9 Å². The zero-order chi connectivity index (χ0) is 11.2. The number of hydrogen-bond acceptors (Lipinski definition) is 2. The van der Waals surface area contributed by atoms with Crippen molar-refractivity contribution in [2.24, 2.45) is 5.73 Å². The molecule has 0 aliphatic rings. The molecule has 0 saturated heterocycles. The van der Waals surface area contributed by atoms with Crippen molar-refractivity contribution in [3.05, 3.63) is 34.2 Å². The smallest absolute Gasteiger partial charge is 0.160 e. The zero-order valence-corrected chi connectivity index (χ0v) is 9.29. The standard InChI is InChI=1S/C11H11F2NS/c1-5-7-3-8(12)9(13)4-10(7)15-11(5)6(2)14/h3-4,6H,14H2,1-2H3. The summed E-state index contributed by atoms with van der Waals surface area (Å²) in [5, 5.41) is 0.756. The van der Waals surface area contributed by atoms with E-state index in [9.17, 15) is 8.78 Å². The van der Waals surface area contributed by atoms with Gasteiger partial charge in [0.05, 0.1) is 0 Å². The van der Waals surface area contributed by atoms with E-state index in [4.69, 9.17) is 5.73 Å². The highest BCUT2D eigenvalue weighted by Crippen LogP contribution is 2.34. The molecule has 1 unspecified atom stereocenters. The maximum atomic E-state index is 13.0. The number of thiophene rings is 1. The first-order valence-electron chi connectivity index (χ1n) is 4.64. The van der Waals surface area contributed by atoms with Crippen LogP contribution in [0.2, 0.25) is 0 Å². The van der Waals surface area contributed by atoms with Gasteiger partial charge in [-0.25, -0.2) is 8.78 Å². The maximum absolute atomic E-state index is 13.0. The van der Waals surface area contributed by atoms with Gasteiger partial charge in [0.25, 0.3) is 0 Å². The summed E-state index contributed by atoms with van der Waals surface area (Å²) >= 11 is 1.42. The van der Waals surface area contributed by atoms with Gasteiger partial charge < -0.3 is 5.73 Å². The molecule has 1 aromatic carbocycles. The van der Waals surface area contributed by atoms with Gasteiger partial charge in [-0.15, -0.1) is 11.3 Å². The largest absolute Gasteiger partial charge is 0.323 e. The Labute approximate surface area is 90.5 Å². The predicted molar refractivity (Wildman–Crippen MR) is 59.1 cm³/mol. The Morgan fingerprint density at radius 2 is 1.87 bits per heavy atom. The van der Waals surface area contributed by atoms with Crippen molar-refractivity contribution in [1.29, 1.82) is 0 Å². The molecule has 0 aliphatic heterocycles. The average molecular weight is 227 g/mol. The predicted octanol–water partition coefficient (Wildman–Crippen LogP) is 3.51. The van der Waals surface area contributed by atoms with Gasteiger partial charge >= 0.3 is 0 Å². The van der Waals surface area contributed by atoms with E-state index in [1.165, 1.54) is 23.5 Å². The molecule has 2 rings (SSSR count). The molecule has 2 aromatic rings. The highest BCUT2D eigenvalue weighted by atomic mass is 32.1. The minimum absolute atomic E-state index is 0.103. The molecule has 0 amide bonds. The van der Waals surface area contributed by atoms with Gasteiger partial charge in [-0.05, 0) is 36.9 Å². The van der Waals surface area contributed by atoms with Gasteiger partial charge in [-0.3, -0.25) is 0 Å². The van der Waals surface area contributed by atoms with E-state index in [1.54, 1.807) is 0 Å². The molecule has 0 spiro atoms. The highest BCUT2D eigenvalue weighted by molar-refractivity contribution is 7.19. The molecular weight excluding hydrogens is 216 g/mol. The summed E-state index contributed by atoms with van der Waals surface area (Å²) in [5.41, 5.74) is 6.73. The van der Waals surface area contributed by atoms with E-state index in [1.807, 2.05) is 13.8 Å². The second kappa shape index (κ2) is 3.54. The minimum atomic E-state index is -0.806. The fourth-order valence-electron chi connectivity index (χ4n) is 1.67. The molecule has 80 valence electrons. The van der Waals surface area contributed by atoms with Crippen molar-refractivity contribution in [1.82, 2.24) is 0 Å². The molecule has 2 N–H and O–H groups in total. The van der Waals surface area contributed by atoms with Gasteiger partial charge in [0.15, 0.2) is 11.6 Å². The van der Waals surface area contributed by atoms with Gasteiger partial charge in [0.1, 0.15) is 0 Å². The monoisotopic (exact) mass is 227 g/mol. The number of aryl methyl sites for hydroxylation is 1. The fourth-order valence-corrected chi connectivity index (χ4v) is 2.84. The summed E-state index contributed by atoms with van der Waals surface area (Å²) in [4.78, 5) is 0.981. The summed E-state index contributed by atoms with van der Waals surface area (Å²) in [6.07, 6.45) is 0. The third kappa shape index (κ3) is 1.64. The van der Waals surface area contributed by atoms with E-state index in [0.717, 1.165) is 20.5 Å². The first-order chi connectivity index (χ1) is 7.00. The Morgan fingerprint density at radius 3 is 2.47 bits per heavy atom. The summed E-state index contributed by atoms with van der Waals surface area (Å²) in [7, 11) is 0. The van der Waals surface area contributed by atoms with Crippen LogP contribution in [0.25, 0.3) is 10.1 Å². The lowest BCUT2D eigenvalue weighted by molar-refractivity contribution is 0.511. The van der Waals surface area contributed by atoms with Crippen LogP contribution in [0.3, 0.4) is 0 Å². The van der Waals surface area contributed by atoms with Crippen LogP contribution < -0.4 is 5.73 Å². The third-order valence-electron chi connectivity index (χ3n) is 2.43. The Hall–Kier alpha value is -1.00. The second-order valence-corrected chi connectivity index (χ2v) is 4.73. The van der Waals surface area contributed by atoms with Gasteiger partial charge in [-0.1, -0.05) is 0 Å². The summed E-state index contributed by atoms with van der Waals surface area (Å²) in [6, 6.07) is 2.37. The fraction of sp³-hybridized carbons (Fsp3) is 0.273. The molecule has 15 heavy (non-hydrogen) atoms. The van der Waals surface area contributed by atoms with Crippen LogP contribution in [0, 0.1) is 18.6 Å². The lowest BCUT2D eigenvalue weighted by Gasteiger charge is -2.01. The Kier molecular flexibility index (Phi) is 2.48. The number of fused-ring (bicyclic) bond motifs is 1. The van der Waals surface area contributed by atoms with E-state index < -0.39 is 11.6 Å². The maximum Gasteiger partial charge on any atom is 0.160 e. The summed E-state index contributed by atoms with van der Waals surface area (Å²) in [5.74, 6) is -1.61. The van der Waals surface area contributed by atoms with Crippen LogP contribution in [-0.4, -0.2) is 0 Å². The Morgan fingerprint density at radius 1 is 1.27 bits per heavy atom. The minimum Gasteiger partial charge on any atom is -0.323 e. The van der Waals surface area contributed by atoms with Gasteiger partial charge in [0.2, 0.25) is 0 Å². The molecule has 0 saturated carbocycles. The first kappa shape index (κ1) is 10.5. The average Bonchev–Trinajstić information content (AvgIpc) is 2.46. The molecule has 0 bridgehead atoms. The SMILES string of the molecule is Cc1c(C(C)N)sc2cc(F)c(F)cc12. The van der Waals surface area contributed by atoms with Crippen molar-refractivity contribution in [2.75, 3.05) is 0 Å². The molecule has 1 aromatic heterocycles. The molecular formula is C11H11F2NS. The number of halogens is 2. The first-order valence-corrected chi connectivity index (χ1v) is 5.46. The lowest BCUT2D eigenvalue weighted by Crippen LogP contribution is -2.03. The zero-order valence-electron chi connectivity index (χ0n) is 8.47. The van der Waals surface area contributed by atoms with Crippen molar-refractivity contribution in [3.63, 3.8) is 0 Å². The van der Waals surface area contributed by atoms with Crippen LogP contribution >= 0.6 is 11.3 Å². The number of benzene rings is 1. The van der Waals surface area contributed by atoms with E-state index >= 15 is 0 Å². The Balaban J connectivity index is 2.77. The highest BCUT2D eigenvalue weighted by Gasteiger charge is 2.14. The topological polar surface area (TPSA) is 26.0 Å². The van der Waals surface area contributed by atoms with Crippen LogP contribution in [0.15, 0.2) is 12.1 Å². The van der Waals surface area contributed by atoms with E-state index in [-0.39, 0.29) is 6.04 Å². The van der Waals surface area contributed by atoms with E-state index in [0.29, 0.717) is 0 Å². The third-order valence-corrected chi connectivity index (χ3v) is 3.89. The molecule has 0 fully saturated rings. The van der Waals surface area contributed by atoms with Crippen LogP contribution in [-0.2, 0) is 0 Å². The van der Waals surface area contributed by atoms with Crippen molar-refractivity contribution < 1.29 is 8.78 Å². The molecule has 1 atom stereocenters. The van der Waals surface area contributed by atoms with Crippen LogP contribution in [0.5, 0.6) is 0 Å². The summed E-state index contributed by atoms with van der Waals surface area (Å²) in [6.45, 7) is 3.75. The van der Waals surface area contributed by atoms with Gasteiger partial charge in [0, 0.05) is 15.6 Å². The lowest BCUT2D eigenvalue weighted by atomic mass is 10.1. The number of hydrogen-bond donors (Lipinski definition) is 1. The Bertz CT molecular complexity index is 517. The van der Waals surface area contributed by atoms with Crippen molar-refractivity contribution in [3.8, 4) is 0 Å². The molecule has 0 radical (unpaired) electrons. The quantitative estimate of drug-likeness (QED) is 0.792. The molecule has 0 aliphatic carbocycles. The molecule has 1 heterocycles. The van der Waals surface area contributed by atoms with Crippen molar-refractivity contribution >= 4 is 21.4 Å². The van der Waals surface area contributed by atoms with Crippen LogP contribution in [0.1, 0.15) is 23.4 Å². The van der Waals surface area contributed by atoms with Gasteiger partial charge in [-0.2, -0.15) is 0 Å². The number of nitrogens with two attached hydrogens (primary N) is 1. The van der Waals surface area contributed by atoms with E-state index in [2.05, 4.69) is 0 Å². The number of rotatable bonds is 1. The molecule has 4 heteroatoms. The second-order valence-electron chi connectivity index (χ2n) is 3.64. The molecule has 1 nitrogen and oxygen atoms in total. The summed E-state index contributed by atoms with van der Waals surface area (Å²) < 4.78 is 26.8. The normalized spacial score (nSPS) is 13.4. The van der Waals surface area contributed by atoms with Crippen LogP contribution in [0.4, 0.5) is 8.78 Å².